The number of rotatable bonds is 6. The number of hydrogen-bond acceptors (Lipinski definition) is 3. The number of amides is 1. The fourth-order valence-electron chi connectivity index (χ4n) is 2.45. The highest BCUT2D eigenvalue weighted by molar-refractivity contribution is 5.82. The second kappa shape index (κ2) is 7.79. The van der Waals surface area contributed by atoms with E-state index < -0.39 is 6.10 Å². The summed E-state index contributed by atoms with van der Waals surface area (Å²) in [4.78, 5) is 12.0. The third-order valence-corrected chi connectivity index (χ3v) is 3.78. The molecule has 0 heterocycles. The van der Waals surface area contributed by atoms with Gasteiger partial charge in [-0.3, -0.25) is 4.79 Å². The average molecular weight is 313 g/mol. The van der Waals surface area contributed by atoms with Gasteiger partial charge in [0.25, 0.3) is 5.91 Å². The molecule has 2 aromatic carbocycles. The van der Waals surface area contributed by atoms with Crippen molar-refractivity contribution in [3.63, 3.8) is 0 Å². The molecule has 1 N–H and O–H groups in total. The number of aryl methyl sites for hydroxylation is 2. The predicted octanol–water partition coefficient (Wildman–Crippen LogP) is 3.32. The number of ether oxygens (including phenoxy) is 2. The van der Waals surface area contributed by atoms with Crippen LogP contribution >= 0.6 is 0 Å². The zero-order valence-electron chi connectivity index (χ0n) is 14.1. The van der Waals surface area contributed by atoms with Crippen LogP contribution in [0.2, 0.25) is 0 Å². The second-order valence-corrected chi connectivity index (χ2v) is 5.49. The van der Waals surface area contributed by atoms with E-state index in [1.807, 2.05) is 50.2 Å². The van der Waals surface area contributed by atoms with E-state index >= 15 is 0 Å². The Morgan fingerprint density at radius 3 is 2.61 bits per heavy atom. The minimum absolute atomic E-state index is 0.174. The van der Waals surface area contributed by atoms with Gasteiger partial charge in [-0.25, -0.2) is 0 Å². The third-order valence-electron chi connectivity index (χ3n) is 3.78. The Balaban J connectivity index is 2.23. The number of carbonyl (C=O) groups excluding carboxylic acids is 1. The molecule has 0 aromatic heterocycles. The average Bonchev–Trinajstić information content (AvgIpc) is 2.57. The molecule has 1 amide bonds. The topological polar surface area (TPSA) is 47.6 Å². The third kappa shape index (κ3) is 4.11. The maximum atomic E-state index is 12.0. The molecule has 4 heteroatoms. The molecule has 1 unspecified atom stereocenters. The number of benzene rings is 2. The molecule has 0 bridgehead atoms. The summed E-state index contributed by atoms with van der Waals surface area (Å²) in [5, 5.41) is 2.63. The number of hydrogen-bond donors (Lipinski definition) is 1. The molecule has 0 fully saturated rings. The van der Waals surface area contributed by atoms with Gasteiger partial charge >= 0.3 is 0 Å². The SMILES string of the molecule is CNC(=O)C(OC)c1ccccc1COc1cc(C)ccc1C. The van der Waals surface area contributed by atoms with Crippen LogP contribution in [-0.4, -0.2) is 20.1 Å². The first kappa shape index (κ1) is 17.0. The first-order valence-electron chi connectivity index (χ1n) is 7.59. The molecule has 2 rings (SSSR count). The van der Waals surface area contributed by atoms with Gasteiger partial charge in [-0.2, -0.15) is 0 Å². The molecule has 0 aliphatic rings. The molecule has 0 saturated heterocycles. The summed E-state index contributed by atoms with van der Waals surface area (Å²) in [5.41, 5.74) is 3.99. The summed E-state index contributed by atoms with van der Waals surface area (Å²) in [6.07, 6.45) is -0.640. The maximum Gasteiger partial charge on any atom is 0.253 e. The Bertz CT molecular complexity index is 682. The second-order valence-electron chi connectivity index (χ2n) is 5.49. The molecule has 0 radical (unpaired) electrons. The van der Waals surface area contributed by atoms with Crippen molar-refractivity contribution in [2.75, 3.05) is 14.2 Å². The highest BCUT2D eigenvalue weighted by atomic mass is 16.5. The van der Waals surface area contributed by atoms with E-state index in [0.29, 0.717) is 6.61 Å². The first-order valence-corrected chi connectivity index (χ1v) is 7.59. The van der Waals surface area contributed by atoms with Crippen LogP contribution in [0, 0.1) is 13.8 Å². The summed E-state index contributed by atoms with van der Waals surface area (Å²) in [6, 6.07) is 13.8. The summed E-state index contributed by atoms with van der Waals surface area (Å²) in [6.45, 7) is 4.44. The summed E-state index contributed by atoms with van der Waals surface area (Å²) < 4.78 is 11.3. The minimum atomic E-state index is -0.640. The van der Waals surface area contributed by atoms with Crippen LogP contribution in [0.15, 0.2) is 42.5 Å². The van der Waals surface area contributed by atoms with Crippen LogP contribution in [0.25, 0.3) is 0 Å². The Kier molecular flexibility index (Phi) is 5.77. The van der Waals surface area contributed by atoms with E-state index in [4.69, 9.17) is 9.47 Å². The molecule has 0 aliphatic carbocycles. The van der Waals surface area contributed by atoms with E-state index in [1.54, 1.807) is 7.05 Å². The highest BCUT2D eigenvalue weighted by Gasteiger charge is 2.21. The van der Waals surface area contributed by atoms with Crippen molar-refractivity contribution >= 4 is 5.91 Å². The van der Waals surface area contributed by atoms with Crippen molar-refractivity contribution < 1.29 is 14.3 Å². The van der Waals surface area contributed by atoms with Crippen molar-refractivity contribution in [3.05, 3.63) is 64.7 Å². The van der Waals surface area contributed by atoms with E-state index in [-0.39, 0.29) is 5.91 Å². The number of carbonyl (C=O) groups is 1. The highest BCUT2D eigenvalue weighted by Crippen LogP contribution is 2.25. The van der Waals surface area contributed by atoms with E-state index in [0.717, 1.165) is 28.0 Å². The largest absolute Gasteiger partial charge is 0.489 e. The fraction of sp³-hybridized carbons (Fsp3) is 0.316. The summed E-state index contributed by atoms with van der Waals surface area (Å²) in [7, 11) is 3.13. The Labute approximate surface area is 137 Å². The predicted molar refractivity (Wildman–Crippen MR) is 90.5 cm³/mol. The van der Waals surface area contributed by atoms with Crippen LogP contribution in [0.4, 0.5) is 0 Å². The van der Waals surface area contributed by atoms with Gasteiger partial charge in [0.2, 0.25) is 0 Å². The van der Waals surface area contributed by atoms with Gasteiger partial charge in [-0.05, 0) is 42.2 Å². The quantitative estimate of drug-likeness (QED) is 0.890. The van der Waals surface area contributed by atoms with Crippen LogP contribution < -0.4 is 10.1 Å². The minimum Gasteiger partial charge on any atom is -0.489 e. The Morgan fingerprint density at radius 2 is 1.91 bits per heavy atom. The Hall–Kier alpha value is -2.33. The van der Waals surface area contributed by atoms with Crippen molar-refractivity contribution in [2.24, 2.45) is 0 Å². The molecule has 122 valence electrons. The van der Waals surface area contributed by atoms with E-state index in [9.17, 15) is 4.79 Å². The zero-order chi connectivity index (χ0) is 16.8. The lowest BCUT2D eigenvalue weighted by molar-refractivity contribution is -0.130. The standard InChI is InChI=1S/C19H23NO3/c1-13-9-10-14(2)17(11-13)23-12-15-7-5-6-8-16(15)18(22-4)19(21)20-3/h5-11,18H,12H2,1-4H3,(H,20,21). The number of nitrogens with one attached hydrogen (secondary N) is 1. The monoisotopic (exact) mass is 313 g/mol. The molecular weight excluding hydrogens is 290 g/mol. The van der Waals surface area contributed by atoms with Crippen molar-refractivity contribution in [1.82, 2.24) is 5.32 Å². The number of likely N-dealkylation sites (N-methyl/N-ethyl adjacent to an activating group) is 1. The van der Waals surface area contributed by atoms with Crippen LogP contribution in [0.1, 0.15) is 28.4 Å². The molecule has 0 saturated carbocycles. The fourth-order valence-corrected chi connectivity index (χ4v) is 2.45. The number of methoxy groups -OCH3 is 1. The maximum absolute atomic E-state index is 12.0. The summed E-state index contributed by atoms with van der Waals surface area (Å²) >= 11 is 0. The van der Waals surface area contributed by atoms with Gasteiger partial charge in [0.1, 0.15) is 12.4 Å². The van der Waals surface area contributed by atoms with Gasteiger partial charge in [-0.15, -0.1) is 0 Å². The van der Waals surface area contributed by atoms with Gasteiger partial charge in [0.15, 0.2) is 6.10 Å². The normalized spacial score (nSPS) is 11.8. The van der Waals surface area contributed by atoms with Crippen molar-refractivity contribution in [2.45, 2.75) is 26.6 Å². The van der Waals surface area contributed by atoms with Gasteiger partial charge in [0, 0.05) is 14.2 Å². The molecule has 2 aromatic rings. The van der Waals surface area contributed by atoms with Crippen LogP contribution in [-0.2, 0) is 16.1 Å². The lowest BCUT2D eigenvalue weighted by Gasteiger charge is -2.18. The van der Waals surface area contributed by atoms with Gasteiger partial charge in [-0.1, -0.05) is 36.4 Å². The molecule has 4 nitrogen and oxygen atoms in total. The Morgan fingerprint density at radius 1 is 1.17 bits per heavy atom. The zero-order valence-corrected chi connectivity index (χ0v) is 14.1. The smallest absolute Gasteiger partial charge is 0.253 e. The van der Waals surface area contributed by atoms with Crippen molar-refractivity contribution in [1.29, 1.82) is 0 Å². The summed E-state index contributed by atoms with van der Waals surface area (Å²) in [5.74, 6) is 0.681. The van der Waals surface area contributed by atoms with E-state index in [2.05, 4.69) is 11.4 Å². The molecule has 1 atom stereocenters. The van der Waals surface area contributed by atoms with E-state index in [1.165, 1.54) is 7.11 Å². The van der Waals surface area contributed by atoms with Crippen LogP contribution in [0.5, 0.6) is 5.75 Å². The molecule has 0 spiro atoms. The lowest BCUT2D eigenvalue weighted by Crippen LogP contribution is -2.27. The van der Waals surface area contributed by atoms with Crippen LogP contribution in [0.3, 0.4) is 0 Å². The lowest BCUT2D eigenvalue weighted by atomic mass is 10.0. The van der Waals surface area contributed by atoms with Gasteiger partial charge in [0.05, 0.1) is 0 Å². The molecule has 0 aliphatic heterocycles. The molecular formula is C19H23NO3. The first-order chi connectivity index (χ1) is 11.1. The van der Waals surface area contributed by atoms with Gasteiger partial charge < -0.3 is 14.8 Å². The molecule has 23 heavy (non-hydrogen) atoms. The van der Waals surface area contributed by atoms with Crippen molar-refractivity contribution in [3.8, 4) is 5.75 Å².